The lowest BCUT2D eigenvalue weighted by Crippen LogP contribution is -2.16. The van der Waals surface area contributed by atoms with Crippen LogP contribution in [0.4, 0.5) is 10.1 Å². The van der Waals surface area contributed by atoms with E-state index in [4.69, 9.17) is 5.73 Å². The molecule has 142 valence electrons. The van der Waals surface area contributed by atoms with Gasteiger partial charge in [-0.05, 0) is 79.2 Å². The lowest BCUT2D eigenvalue weighted by Gasteiger charge is -2.16. The van der Waals surface area contributed by atoms with Crippen molar-refractivity contribution >= 4 is 38.3 Å². The van der Waals surface area contributed by atoms with Crippen molar-refractivity contribution in [3.05, 3.63) is 61.8 Å². The summed E-state index contributed by atoms with van der Waals surface area (Å²) in [7, 11) is 0. The fourth-order valence-electron chi connectivity index (χ4n) is 3.99. The molecule has 2 aromatic carbocycles. The summed E-state index contributed by atoms with van der Waals surface area (Å²) in [6, 6.07) is 6.87. The number of rotatable bonds is 2. The van der Waals surface area contributed by atoms with Crippen LogP contribution in [0.2, 0.25) is 0 Å². The number of nitrogen functional groups attached to an aromatic ring is 1. The second-order valence-corrected chi connectivity index (χ2v) is 8.28. The van der Waals surface area contributed by atoms with Gasteiger partial charge in [0.15, 0.2) is 0 Å². The first kappa shape index (κ1) is 17.2. The number of aromatic nitrogens is 2. The molecular formula is C21H18FN3O2S. The van der Waals surface area contributed by atoms with Crippen LogP contribution >= 0.6 is 11.5 Å². The molecule has 1 saturated carbocycles. The molecule has 0 atom stereocenters. The number of fused-ring (bicyclic) bond motifs is 2. The molecule has 1 aliphatic carbocycles. The molecule has 7 heteroatoms. The Bertz CT molecular complexity index is 1390. The standard InChI is InChI=1S/C21H18FN3O2S/c1-9-7-11(8-10(2)18(9)23)15-13(22)5-6-14-16(15)19(26)17-20(27)24-28-21(17)25(14)12-3-4-12/h5-8,12H,3-4,23H2,1-2H3,(H,24,27). The Kier molecular flexibility index (Phi) is 3.55. The van der Waals surface area contributed by atoms with Crippen molar-refractivity contribution in [2.24, 2.45) is 0 Å². The van der Waals surface area contributed by atoms with Crippen molar-refractivity contribution in [3.63, 3.8) is 0 Å². The molecule has 0 aliphatic heterocycles. The fraction of sp³-hybridized carbons (Fsp3) is 0.238. The fourth-order valence-corrected chi connectivity index (χ4v) is 4.92. The van der Waals surface area contributed by atoms with Gasteiger partial charge in [0.25, 0.3) is 5.56 Å². The number of hydrogen-bond acceptors (Lipinski definition) is 4. The molecule has 2 heterocycles. The Balaban J connectivity index is 2.01. The van der Waals surface area contributed by atoms with Crippen molar-refractivity contribution in [3.8, 4) is 11.1 Å². The first-order chi connectivity index (χ1) is 13.4. The van der Waals surface area contributed by atoms with E-state index < -0.39 is 16.8 Å². The summed E-state index contributed by atoms with van der Waals surface area (Å²) < 4.78 is 19.8. The van der Waals surface area contributed by atoms with Crippen LogP contribution < -0.4 is 16.7 Å². The molecule has 1 fully saturated rings. The van der Waals surface area contributed by atoms with Gasteiger partial charge in [0.2, 0.25) is 5.43 Å². The molecule has 4 aromatic rings. The minimum atomic E-state index is -0.485. The van der Waals surface area contributed by atoms with Crippen LogP contribution in [0.1, 0.15) is 30.0 Å². The van der Waals surface area contributed by atoms with Crippen molar-refractivity contribution < 1.29 is 4.39 Å². The van der Waals surface area contributed by atoms with Crippen LogP contribution in [0.25, 0.3) is 32.2 Å². The van der Waals surface area contributed by atoms with E-state index in [0.29, 0.717) is 21.6 Å². The summed E-state index contributed by atoms with van der Waals surface area (Å²) in [6.45, 7) is 3.72. The Morgan fingerprint density at radius 2 is 1.82 bits per heavy atom. The third-order valence-corrected chi connectivity index (χ3v) is 6.42. The second kappa shape index (κ2) is 5.78. The van der Waals surface area contributed by atoms with Gasteiger partial charge in [-0.2, -0.15) is 0 Å². The minimum Gasteiger partial charge on any atom is -0.398 e. The van der Waals surface area contributed by atoms with Gasteiger partial charge in [-0.3, -0.25) is 14.0 Å². The summed E-state index contributed by atoms with van der Waals surface area (Å²) in [5.74, 6) is -0.485. The maximum absolute atomic E-state index is 15.1. The van der Waals surface area contributed by atoms with Crippen LogP contribution in [0.3, 0.4) is 0 Å². The molecular weight excluding hydrogens is 377 g/mol. The predicted octanol–water partition coefficient (Wildman–Crippen LogP) is 4.24. The summed E-state index contributed by atoms with van der Waals surface area (Å²) in [6.07, 6.45) is 1.96. The maximum atomic E-state index is 15.1. The number of anilines is 1. The van der Waals surface area contributed by atoms with Gasteiger partial charge in [0.05, 0.1) is 10.9 Å². The van der Waals surface area contributed by atoms with Crippen LogP contribution in [-0.2, 0) is 0 Å². The molecule has 0 amide bonds. The van der Waals surface area contributed by atoms with Crippen molar-refractivity contribution in [1.29, 1.82) is 0 Å². The molecule has 2 aromatic heterocycles. The molecule has 1 aliphatic rings. The smallest absolute Gasteiger partial charge is 0.271 e. The lowest BCUT2D eigenvalue weighted by molar-refractivity contribution is 0.632. The first-order valence-electron chi connectivity index (χ1n) is 9.13. The number of nitrogens with one attached hydrogen (secondary N) is 1. The zero-order valence-electron chi connectivity index (χ0n) is 15.4. The van der Waals surface area contributed by atoms with Crippen LogP contribution in [-0.4, -0.2) is 8.94 Å². The number of benzene rings is 2. The third-order valence-electron chi connectivity index (χ3n) is 5.54. The van der Waals surface area contributed by atoms with Gasteiger partial charge in [-0.25, -0.2) is 4.39 Å². The largest absolute Gasteiger partial charge is 0.398 e. The van der Waals surface area contributed by atoms with E-state index in [1.807, 2.05) is 18.4 Å². The zero-order valence-corrected chi connectivity index (χ0v) is 16.2. The van der Waals surface area contributed by atoms with Gasteiger partial charge < -0.3 is 10.3 Å². The van der Waals surface area contributed by atoms with Crippen LogP contribution in [0.5, 0.6) is 0 Å². The SMILES string of the molecule is Cc1cc(-c2c(F)ccc3c2c(=O)c2c(=O)[nH]sc2n3C2CC2)cc(C)c1N. The average molecular weight is 395 g/mol. The quantitative estimate of drug-likeness (QED) is 0.498. The van der Waals surface area contributed by atoms with Crippen molar-refractivity contribution in [2.75, 3.05) is 5.73 Å². The summed E-state index contributed by atoms with van der Waals surface area (Å²) in [5, 5.41) is 0.368. The predicted molar refractivity (Wildman–Crippen MR) is 112 cm³/mol. The third kappa shape index (κ3) is 2.29. The van der Waals surface area contributed by atoms with E-state index >= 15 is 4.39 Å². The summed E-state index contributed by atoms with van der Waals surface area (Å²) in [5.41, 5.74) is 9.01. The minimum absolute atomic E-state index is 0.111. The highest BCUT2D eigenvalue weighted by atomic mass is 32.1. The van der Waals surface area contributed by atoms with E-state index in [9.17, 15) is 9.59 Å². The molecule has 3 N–H and O–H groups in total. The summed E-state index contributed by atoms with van der Waals surface area (Å²) >= 11 is 1.17. The molecule has 5 rings (SSSR count). The number of pyridine rings is 1. The number of aryl methyl sites for hydroxylation is 2. The molecule has 0 spiro atoms. The number of hydrogen-bond donors (Lipinski definition) is 2. The number of halogens is 1. The van der Waals surface area contributed by atoms with E-state index in [-0.39, 0.29) is 22.4 Å². The second-order valence-electron chi connectivity index (χ2n) is 7.48. The van der Waals surface area contributed by atoms with E-state index in [0.717, 1.165) is 24.0 Å². The molecule has 0 unspecified atom stereocenters. The number of nitrogens with two attached hydrogens (primary N) is 1. The molecule has 28 heavy (non-hydrogen) atoms. The molecule has 0 bridgehead atoms. The van der Waals surface area contributed by atoms with Crippen molar-refractivity contribution in [1.82, 2.24) is 8.94 Å². The van der Waals surface area contributed by atoms with Gasteiger partial charge in [0, 0.05) is 17.3 Å². The van der Waals surface area contributed by atoms with Gasteiger partial charge in [-0.1, -0.05) is 0 Å². The van der Waals surface area contributed by atoms with Crippen molar-refractivity contribution in [2.45, 2.75) is 32.7 Å². The molecule has 5 nitrogen and oxygen atoms in total. The Labute approximate surface area is 163 Å². The number of H-pyrrole nitrogens is 1. The highest BCUT2D eigenvalue weighted by Gasteiger charge is 2.30. The van der Waals surface area contributed by atoms with Gasteiger partial charge in [-0.15, -0.1) is 0 Å². The van der Waals surface area contributed by atoms with Gasteiger partial charge >= 0.3 is 0 Å². The summed E-state index contributed by atoms with van der Waals surface area (Å²) in [4.78, 5) is 26.3. The van der Waals surface area contributed by atoms with E-state index in [1.165, 1.54) is 17.6 Å². The highest BCUT2D eigenvalue weighted by Crippen LogP contribution is 2.41. The Hall–Kier alpha value is -2.93. The monoisotopic (exact) mass is 395 g/mol. The first-order valence-corrected chi connectivity index (χ1v) is 9.95. The van der Waals surface area contributed by atoms with Crippen LogP contribution in [0, 0.1) is 19.7 Å². The average Bonchev–Trinajstić information content (AvgIpc) is 3.42. The molecule has 0 saturated heterocycles. The normalized spacial score (nSPS) is 14.2. The van der Waals surface area contributed by atoms with E-state index in [2.05, 4.69) is 4.37 Å². The Morgan fingerprint density at radius 1 is 1.14 bits per heavy atom. The maximum Gasteiger partial charge on any atom is 0.271 e. The number of nitrogens with zero attached hydrogens (tertiary/aromatic N) is 1. The zero-order chi connectivity index (χ0) is 19.7. The van der Waals surface area contributed by atoms with E-state index in [1.54, 1.807) is 18.2 Å². The van der Waals surface area contributed by atoms with Gasteiger partial charge in [0.1, 0.15) is 16.0 Å². The van der Waals surface area contributed by atoms with Crippen LogP contribution in [0.15, 0.2) is 33.9 Å². The molecule has 0 radical (unpaired) electrons. The highest BCUT2D eigenvalue weighted by molar-refractivity contribution is 7.12. The topological polar surface area (TPSA) is 80.9 Å². The lowest BCUT2D eigenvalue weighted by atomic mass is 9.95. The Morgan fingerprint density at radius 3 is 2.46 bits per heavy atom. The number of aromatic amines is 1.